The van der Waals surface area contributed by atoms with Gasteiger partial charge in [0.05, 0.1) is 0 Å². The molecule has 1 rings (SSSR count). The number of nitrogens with zero attached hydrogens (tertiary/aromatic N) is 2. The number of aliphatic carboxylic acids is 1. The third-order valence-corrected chi connectivity index (χ3v) is 4.99. The summed E-state index contributed by atoms with van der Waals surface area (Å²) < 4.78 is 0. The number of carboxylic acid groups (broad SMARTS) is 1. The molecule has 1 N–H and O–H groups in total. The third-order valence-electron chi connectivity index (χ3n) is 4.99. The smallest absolute Gasteiger partial charge is 0.329 e. The second kappa shape index (κ2) is 8.89. The molecule has 1 aliphatic carbocycles. The minimum atomic E-state index is -1.06. The number of hydrogen-bond acceptors (Lipinski definition) is 3. The van der Waals surface area contributed by atoms with Crippen molar-refractivity contribution < 1.29 is 19.5 Å². The van der Waals surface area contributed by atoms with E-state index >= 15 is 0 Å². The Balaban J connectivity index is 2.56. The molecule has 23 heavy (non-hydrogen) atoms. The fourth-order valence-electron chi connectivity index (χ4n) is 3.36. The number of carbonyl (C=O) groups is 3. The third kappa shape index (κ3) is 4.69. The van der Waals surface area contributed by atoms with Gasteiger partial charge in [0.2, 0.25) is 11.8 Å². The quantitative estimate of drug-likeness (QED) is 0.742. The van der Waals surface area contributed by atoms with Gasteiger partial charge in [-0.2, -0.15) is 0 Å². The summed E-state index contributed by atoms with van der Waals surface area (Å²) in [7, 11) is 1.59. The molecular weight excluding hydrogens is 296 g/mol. The second-order valence-electron chi connectivity index (χ2n) is 6.27. The predicted molar refractivity (Wildman–Crippen MR) is 88.0 cm³/mol. The maximum atomic E-state index is 12.4. The summed E-state index contributed by atoms with van der Waals surface area (Å²) in [6.45, 7) is 5.21. The van der Waals surface area contributed by atoms with Crippen molar-refractivity contribution in [2.75, 3.05) is 20.1 Å². The highest BCUT2D eigenvalue weighted by molar-refractivity contribution is 5.87. The monoisotopic (exact) mass is 326 g/mol. The van der Waals surface area contributed by atoms with Crippen LogP contribution in [-0.2, 0) is 14.4 Å². The molecule has 0 unspecified atom stereocenters. The normalized spacial score (nSPS) is 16.7. The molecule has 0 radical (unpaired) electrons. The largest absolute Gasteiger partial charge is 0.479 e. The standard InChI is InChI=1S/C17H30N2O4/c1-4-19(5-2)15(21)11-9-10-14(20)18(3)17(16(22)23)12-7-6-8-13-17/h4-13H2,1-3H3,(H,22,23). The van der Waals surface area contributed by atoms with Crippen LogP contribution < -0.4 is 0 Å². The Morgan fingerprint density at radius 3 is 1.96 bits per heavy atom. The summed E-state index contributed by atoms with van der Waals surface area (Å²) >= 11 is 0. The first-order valence-corrected chi connectivity index (χ1v) is 8.66. The van der Waals surface area contributed by atoms with Gasteiger partial charge in [-0.15, -0.1) is 0 Å². The SMILES string of the molecule is CCN(CC)C(=O)CCCC(=O)N(C)C1(C(=O)O)CCCCC1. The molecule has 0 saturated heterocycles. The lowest BCUT2D eigenvalue weighted by molar-refractivity contribution is -0.160. The summed E-state index contributed by atoms with van der Waals surface area (Å²) in [5.41, 5.74) is -1.06. The molecule has 1 fully saturated rings. The van der Waals surface area contributed by atoms with Gasteiger partial charge < -0.3 is 14.9 Å². The molecule has 0 atom stereocenters. The topological polar surface area (TPSA) is 77.9 Å². The Bertz CT molecular complexity index is 426. The van der Waals surface area contributed by atoms with Gasteiger partial charge in [0, 0.05) is 33.0 Å². The molecule has 0 spiro atoms. The Hall–Kier alpha value is -1.59. The van der Waals surface area contributed by atoms with Crippen LogP contribution in [0.1, 0.15) is 65.2 Å². The molecule has 0 heterocycles. The van der Waals surface area contributed by atoms with Gasteiger partial charge in [0.15, 0.2) is 0 Å². The van der Waals surface area contributed by atoms with Crippen molar-refractivity contribution in [1.29, 1.82) is 0 Å². The van der Waals surface area contributed by atoms with Crippen molar-refractivity contribution in [1.82, 2.24) is 9.80 Å². The lowest BCUT2D eigenvalue weighted by atomic mass is 9.80. The molecule has 0 aliphatic heterocycles. The Morgan fingerprint density at radius 1 is 0.957 bits per heavy atom. The molecule has 1 saturated carbocycles. The van der Waals surface area contributed by atoms with Crippen LogP contribution in [0.5, 0.6) is 0 Å². The summed E-state index contributed by atoms with van der Waals surface area (Å²) in [5.74, 6) is -1.04. The van der Waals surface area contributed by atoms with Gasteiger partial charge in [-0.25, -0.2) is 4.79 Å². The van der Waals surface area contributed by atoms with Crippen LogP contribution >= 0.6 is 0 Å². The number of carbonyl (C=O) groups excluding carboxylic acids is 2. The van der Waals surface area contributed by atoms with E-state index in [2.05, 4.69) is 0 Å². The first kappa shape index (κ1) is 19.5. The van der Waals surface area contributed by atoms with Gasteiger partial charge in [-0.3, -0.25) is 9.59 Å². The molecule has 0 aromatic rings. The molecule has 6 heteroatoms. The maximum Gasteiger partial charge on any atom is 0.329 e. The van der Waals surface area contributed by atoms with Gasteiger partial charge in [-0.1, -0.05) is 19.3 Å². The van der Waals surface area contributed by atoms with E-state index in [0.717, 1.165) is 19.3 Å². The molecule has 0 bridgehead atoms. The average Bonchev–Trinajstić information content (AvgIpc) is 2.55. The summed E-state index contributed by atoms with van der Waals surface area (Å²) in [6, 6.07) is 0. The summed E-state index contributed by atoms with van der Waals surface area (Å²) in [4.78, 5) is 39.2. The van der Waals surface area contributed by atoms with E-state index < -0.39 is 11.5 Å². The van der Waals surface area contributed by atoms with Crippen molar-refractivity contribution in [2.24, 2.45) is 0 Å². The lowest BCUT2D eigenvalue weighted by Crippen LogP contribution is -2.56. The fraction of sp³-hybridized carbons (Fsp3) is 0.824. The van der Waals surface area contributed by atoms with E-state index in [9.17, 15) is 19.5 Å². The summed E-state index contributed by atoms with van der Waals surface area (Å²) in [5, 5.41) is 9.60. The van der Waals surface area contributed by atoms with Gasteiger partial charge in [-0.05, 0) is 33.1 Å². The minimum absolute atomic E-state index is 0.0519. The highest BCUT2D eigenvalue weighted by atomic mass is 16.4. The Kier molecular flexibility index (Phi) is 7.52. The lowest BCUT2D eigenvalue weighted by Gasteiger charge is -2.41. The number of hydrogen-bond donors (Lipinski definition) is 1. The van der Waals surface area contributed by atoms with E-state index in [0.29, 0.717) is 38.8 Å². The average molecular weight is 326 g/mol. The highest BCUT2D eigenvalue weighted by Gasteiger charge is 2.45. The second-order valence-corrected chi connectivity index (χ2v) is 6.27. The van der Waals surface area contributed by atoms with Crippen LogP contribution in [0.2, 0.25) is 0 Å². The van der Waals surface area contributed by atoms with E-state index in [1.165, 1.54) is 4.90 Å². The van der Waals surface area contributed by atoms with Crippen LogP contribution in [0, 0.1) is 0 Å². The van der Waals surface area contributed by atoms with Crippen molar-refractivity contribution >= 4 is 17.8 Å². The van der Waals surface area contributed by atoms with Crippen molar-refractivity contribution in [2.45, 2.75) is 70.8 Å². The Labute approximate surface area is 138 Å². The molecule has 2 amide bonds. The van der Waals surface area contributed by atoms with Crippen LogP contribution in [0.4, 0.5) is 0 Å². The molecule has 0 aromatic carbocycles. The van der Waals surface area contributed by atoms with Crippen LogP contribution in [0.3, 0.4) is 0 Å². The zero-order chi connectivity index (χ0) is 17.5. The van der Waals surface area contributed by atoms with Crippen LogP contribution in [-0.4, -0.2) is 58.4 Å². The number of amides is 2. The van der Waals surface area contributed by atoms with Crippen molar-refractivity contribution in [3.05, 3.63) is 0 Å². The number of likely N-dealkylation sites (N-methyl/N-ethyl adjacent to an activating group) is 1. The molecular formula is C17H30N2O4. The first-order valence-electron chi connectivity index (χ1n) is 8.66. The van der Waals surface area contributed by atoms with E-state index in [-0.39, 0.29) is 18.2 Å². The molecule has 132 valence electrons. The molecule has 1 aliphatic rings. The van der Waals surface area contributed by atoms with Gasteiger partial charge in [0.25, 0.3) is 0 Å². The van der Waals surface area contributed by atoms with E-state index in [1.807, 2.05) is 13.8 Å². The van der Waals surface area contributed by atoms with Crippen LogP contribution in [0.15, 0.2) is 0 Å². The number of rotatable bonds is 8. The minimum Gasteiger partial charge on any atom is -0.479 e. The first-order chi connectivity index (χ1) is 10.9. The fourth-order valence-corrected chi connectivity index (χ4v) is 3.36. The zero-order valence-electron chi connectivity index (χ0n) is 14.6. The maximum absolute atomic E-state index is 12.4. The van der Waals surface area contributed by atoms with Crippen molar-refractivity contribution in [3.8, 4) is 0 Å². The Morgan fingerprint density at radius 2 is 1.48 bits per heavy atom. The van der Waals surface area contributed by atoms with Gasteiger partial charge in [0.1, 0.15) is 5.54 Å². The highest BCUT2D eigenvalue weighted by Crippen LogP contribution is 2.33. The van der Waals surface area contributed by atoms with Crippen molar-refractivity contribution in [3.63, 3.8) is 0 Å². The van der Waals surface area contributed by atoms with Gasteiger partial charge >= 0.3 is 5.97 Å². The molecule has 0 aromatic heterocycles. The molecule has 6 nitrogen and oxygen atoms in total. The zero-order valence-corrected chi connectivity index (χ0v) is 14.6. The van der Waals surface area contributed by atoms with Crippen LogP contribution in [0.25, 0.3) is 0 Å². The predicted octanol–water partition coefficient (Wildman–Crippen LogP) is 2.27. The van der Waals surface area contributed by atoms with E-state index in [4.69, 9.17) is 0 Å². The summed E-state index contributed by atoms with van der Waals surface area (Å²) in [6.07, 6.45) is 4.75. The van der Waals surface area contributed by atoms with E-state index in [1.54, 1.807) is 11.9 Å². The number of carboxylic acids is 1.